The van der Waals surface area contributed by atoms with Gasteiger partial charge in [-0.05, 0) is 12.8 Å². The van der Waals surface area contributed by atoms with E-state index in [1.54, 1.807) is 0 Å². The topological polar surface area (TPSA) is 46.3 Å². The van der Waals surface area contributed by atoms with E-state index < -0.39 is 24.7 Å². The Labute approximate surface area is 85.8 Å². The Hall–Kier alpha value is -0.490. The Bertz CT molecular complexity index is 210. The highest BCUT2D eigenvalue weighted by Crippen LogP contribution is 2.19. The fraction of sp³-hybridized carbons (Fsp3) is 0.857. The van der Waals surface area contributed by atoms with Gasteiger partial charge < -0.3 is 10.6 Å². The summed E-state index contributed by atoms with van der Waals surface area (Å²) in [4.78, 5) is 11.9. The van der Waals surface area contributed by atoms with E-state index in [1.165, 1.54) is 0 Å². The van der Waals surface area contributed by atoms with E-state index in [0.717, 1.165) is 4.90 Å². The number of hydrogen-bond acceptors (Lipinski definition) is 2. The summed E-state index contributed by atoms with van der Waals surface area (Å²) in [6.07, 6.45) is -3.30. The van der Waals surface area contributed by atoms with Crippen LogP contribution in [0.15, 0.2) is 0 Å². The molecule has 0 aromatic rings. The summed E-state index contributed by atoms with van der Waals surface area (Å²) in [5.41, 5.74) is 5.33. The van der Waals surface area contributed by atoms with Crippen LogP contribution in [0.2, 0.25) is 0 Å². The third-order valence-corrected chi connectivity index (χ3v) is 1.94. The van der Waals surface area contributed by atoms with E-state index in [4.69, 9.17) is 5.73 Å². The lowest BCUT2D eigenvalue weighted by Crippen LogP contribution is -2.51. The van der Waals surface area contributed by atoms with Crippen LogP contribution in [0.4, 0.5) is 13.2 Å². The molecule has 1 atom stereocenters. The van der Waals surface area contributed by atoms with Gasteiger partial charge in [0.05, 0.1) is 6.04 Å². The molecule has 1 saturated heterocycles. The van der Waals surface area contributed by atoms with Crippen molar-refractivity contribution in [3.8, 4) is 0 Å². The lowest BCUT2D eigenvalue weighted by molar-refractivity contribution is -0.164. The van der Waals surface area contributed by atoms with E-state index in [0.29, 0.717) is 12.8 Å². The Morgan fingerprint density at radius 2 is 2.07 bits per heavy atom. The minimum Gasteiger partial charge on any atom is -0.332 e. The molecule has 1 heterocycles. The van der Waals surface area contributed by atoms with Crippen LogP contribution in [0, 0.1) is 0 Å². The molecule has 1 aliphatic heterocycles. The summed E-state index contributed by atoms with van der Waals surface area (Å²) in [5, 5.41) is 0. The Morgan fingerprint density at radius 1 is 1.50 bits per heavy atom. The average molecular weight is 233 g/mol. The highest BCUT2D eigenvalue weighted by molar-refractivity contribution is 5.85. The third-order valence-electron chi connectivity index (χ3n) is 1.94. The second-order valence-corrected chi connectivity index (χ2v) is 3.12. The largest absolute Gasteiger partial charge is 0.406 e. The van der Waals surface area contributed by atoms with Crippen molar-refractivity contribution in [1.82, 2.24) is 4.90 Å². The Kier molecular flexibility index (Phi) is 4.67. The molecule has 0 aromatic carbocycles. The molecule has 0 bridgehead atoms. The number of amides is 1. The lowest BCUT2D eigenvalue weighted by atomic mass is 10.1. The molecule has 0 spiro atoms. The van der Waals surface area contributed by atoms with Gasteiger partial charge in [0.15, 0.2) is 0 Å². The number of alkyl halides is 3. The number of rotatable bonds is 1. The van der Waals surface area contributed by atoms with Crippen molar-refractivity contribution in [1.29, 1.82) is 0 Å². The molecule has 7 heteroatoms. The van der Waals surface area contributed by atoms with E-state index >= 15 is 0 Å². The van der Waals surface area contributed by atoms with E-state index in [9.17, 15) is 18.0 Å². The van der Waals surface area contributed by atoms with Crippen LogP contribution in [0.25, 0.3) is 0 Å². The van der Waals surface area contributed by atoms with Crippen LogP contribution in [0.3, 0.4) is 0 Å². The number of halogens is 4. The molecule has 0 aromatic heterocycles. The average Bonchev–Trinajstić information content (AvgIpc) is 1.96. The molecule has 3 nitrogen and oxygen atoms in total. The molecule has 1 amide bonds. The van der Waals surface area contributed by atoms with Crippen LogP contribution >= 0.6 is 12.4 Å². The number of hydrogen-bond donors (Lipinski definition) is 1. The van der Waals surface area contributed by atoms with E-state index in [1.807, 2.05) is 0 Å². The normalized spacial score (nSPS) is 23.3. The minimum atomic E-state index is -4.33. The SMILES string of the molecule is Cl.NC1CCCN(CC(F)(F)F)C1=O. The highest BCUT2D eigenvalue weighted by Gasteiger charge is 2.35. The zero-order valence-electron chi connectivity index (χ0n) is 7.38. The van der Waals surface area contributed by atoms with Crippen LogP contribution in [0.1, 0.15) is 12.8 Å². The van der Waals surface area contributed by atoms with Gasteiger partial charge in [0, 0.05) is 6.54 Å². The van der Waals surface area contributed by atoms with Gasteiger partial charge >= 0.3 is 6.18 Å². The lowest BCUT2D eigenvalue weighted by Gasteiger charge is -2.30. The van der Waals surface area contributed by atoms with Crippen LogP contribution < -0.4 is 5.73 Å². The van der Waals surface area contributed by atoms with Gasteiger partial charge in [-0.1, -0.05) is 0 Å². The maximum atomic E-state index is 11.9. The van der Waals surface area contributed by atoms with Gasteiger partial charge in [-0.15, -0.1) is 12.4 Å². The molecule has 0 aliphatic carbocycles. The molecule has 1 fully saturated rings. The molecule has 2 N–H and O–H groups in total. The first-order valence-electron chi connectivity index (χ1n) is 4.01. The van der Waals surface area contributed by atoms with Gasteiger partial charge in [0.2, 0.25) is 5.91 Å². The van der Waals surface area contributed by atoms with Crippen molar-refractivity contribution in [3.63, 3.8) is 0 Å². The molecule has 0 saturated carbocycles. The predicted octanol–water partition coefficient (Wildman–Crippen LogP) is 0.920. The standard InChI is InChI=1S/C7H11F3N2O.ClH/c8-7(9,10)4-12-3-1-2-5(11)6(12)13;/h5H,1-4,11H2;1H. The fourth-order valence-electron chi connectivity index (χ4n) is 1.34. The summed E-state index contributed by atoms with van der Waals surface area (Å²) in [5.74, 6) is -0.594. The van der Waals surface area contributed by atoms with Gasteiger partial charge in [-0.25, -0.2) is 0 Å². The highest BCUT2D eigenvalue weighted by atomic mass is 35.5. The minimum absolute atomic E-state index is 0. The molecule has 14 heavy (non-hydrogen) atoms. The molecule has 1 unspecified atom stereocenters. The van der Waals surface area contributed by atoms with Gasteiger partial charge in [0.1, 0.15) is 6.54 Å². The third kappa shape index (κ3) is 3.71. The number of likely N-dealkylation sites (tertiary alicyclic amines) is 1. The molecule has 84 valence electrons. The Balaban J connectivity index is 0.00000169. The maximum Gasteiger partial charge on any atom is 0.406 e. The zero-order valence-corrected chi connectivity index (χ0v) is 8.20. The quantitative estimate of drug-likeness (QED) is 0.731. The van der Waals surface area contributed by atoms with Gasteiger partial charge in [-0.3, -0.25) is 4.79 Å². The smallest absolute Gasteiger partial charge is 0.332 e. The summed E-state index contributed by atoms with van der Waals surface area (Å²) in [6.45, 7) is -1.02. The van der Waals surface area contributed by atoms with Crippen LogP contribution in [-0.4, -0.2) is 36.1 Å². The molecule has 0 radical (unpaired) electrons. The predicted molar refractivity (Wildman–Crippen MR) is 47.1 cm³/mol. The summed E-state index contributed by atoms with van der Waals surface area (Å²) < 4.78 is 35.7. The zero-order chi connectivity index (χ0) is 10.1. The monoisotopic (exact) mass is 232 g/mol. The molecular formula is C7H12ClF3N2O. The molecule has 1 rings (SSSR count). The van der Waals surface area contributed by atoms with Crippen molar-refractivity contribution in [3.05, 3.63) is 0 Å². The first kappa shape index (κ1) is 13.5. The molecular weight excluding hydrogens is 221 g/mol. The maximum absolute atomic E-state index is 11.9. The number of carbonyl (C=O) groups excluding carboxylic acids is 1. The van der Waals surface area contributed by atoms with Crippen molar-refractivity contribution < 1.29 is 18.0 Å². The van der Waals surface area contributed by atoms with Crippen LogP contribution in [-0.2, 0) is 4.79 Å². The fourth-order valence-corrected chi connectivity index (χ4v) is 1.34. The first-order valence-corrected chi connectivity index (χ1v) is 4.01. The van der Waals surface area contributed by atoms with Gasteiger partial charge in [-0.2, -0.15) is 13.2 Å². The van der Waals surface area contributed by atoms with E-state index in [2.05, 4.69) is 0 Å². The summed E-state index contributed by atoms with van der Waals surface area (Å²) >= 11 is 0. The van der Waals surface area contributed by atoms with Crippen molar-refractivity contribution in [2.45, 2.75) is 25.1 Å². The van der Waals surface area contributed by atoms with Crippen molar-refractivity contribution in [2.24, 2.45) is 5.73 Å². The first-order chi connectivity index (χ1) is 5.90. The number of nitrogens with zero attached hydrogens (tertiary/aromatic N) is 1. The second-order valence-electron chi connectivity index (χ2n) is 3.12. The molecule has 1 aliphatic rings. The number of piperidine rings is 1. The number of nitrogens with two attached hydrogens (primary N) is 1. The summed E-state index contributed by atoms with van der Waals surface area (Å²) in [6, 6.07) is -0.754. The second kappa shape index (κ2) is 4.84. The Morgan fingerprint density at radius 3 is 2.57 bits per heavy atom. The summed E-state index contributed by atoms with van der Waals surface area (Å²) in [7, 11) is 0. The van der Waals surface area contributed by atoms with Crippen LogP contribution in [0.5, 0.6) is 0 Å². The van der Waals surface area contributed by atoms with Gasteiger partial charge in [0.25, 0.3) is 0 Å². The van der Waals surface area contributed by atoms with E-state index in [-0.39, 0.29) is 19.0 Å². The van der Waals surface area contributed by atoms with Crippen molar-refractivity contribution >= 4 is 18.3 Å². The van der Waals surface area contributed by atoms with Crippen molar-refractivity contribution in [2.75, 3.05) is 13.1 Å². The number of carbonyl (C=O) groups is 1.